The van der Waals surface area contributed by atoms with Gasteiger partial charge in [-0.25, -0.2) is 0 Å². The maximum atomic E-state index is 11.0. The number of non-ortho nitro benzene ring substituents is 1. The summed E-state index contributed by atoms with van der Waals surface area (Å²) in [6.45, 7) is 0. The molecule has 0 unspecified atom stereocenters. The standard InChI is InChI=1S/C13H17N3O4/c17-15(18)11-7-8-12(13(9-11)16(19)20)14-10-5-3-1-2-4-6-10/h7-10,14H,1-6H2. The van der Waals surface area contributed by atoms with Gasteiger partial charge in [0.2, 0.25) is 0 Å². The van der Waals surface area contributed by atoms with Crippen molar-refractivity contribution >= 4 is 17.1 Å². The third-order valence-corrected chi connectivity index (χ3v) is 3.60. The molecule has 7 nitrogen and oxygen atoms in total. The minimum absolute atomic E-state index is 0.206. The Morgan fingerprint density at radius 3 is 2.20 bits per heavy atom. The summed E-state index contributed by atoms with van der Waals surface area (Å²) in [5, 5.41) is 24.9. The van der Waals surface area contributed by atoms with Crippen LogP contribution in [-0.2, 0) is 0 Å². The number of rotatable bonds is 4. The van der Waals surface area contributed by atoms with E-state index in [1.54, 1.807) is 0 Å². The van der Waals surface area contributed by atoms with Crippen LogP contribution < -0.4 is 5.32 Å². The maximum Gasteiger partial charge on any atom is 0.299 e. The molecule has 0 bridgehead atoms. The molecular weight excluding hydrogens is 262 g/mol. The van der Waals surface area contributed by atoms with Gasteiger partial charge in [-0.1, -0.05) is 25.7 Å². The molecule has 1 aliphatic rings. The van der Waals surface area contributed by atoms with Crippen LogP contribution in [0.3, 0.4) is 0 Å². The number of anilines is 1. The summed E-state index contributed by atoms with van der Waals surface area (Å²) in [5.41, 5.74) is -0.126. The van der Waals surface area contributed by atoms with Gasteiger partial charge in [0.25, 0.3) is 11.4 Å². The van der Waals surface area contributed by atoms with Gasteiger partial charge in [-0.3, -0.25) is 20.2 Å². The van der Waals surface area contributed by atoms with Crippen molar-refractivity contribution in [2.75, 3.05) is 5.32 Å². The lowest BCUT2D eigenvalue weighted by molar-refractivity contribution is -0.393. The van der Waals surface area contributed by atoms with Crippen LogP contribution in [-0.4, -0.2) is 15.9 Å². The van der Waals surface area contributed by atoms with Gasteiger partial charge in [-0.05, 0) is 18.9 Å². The SMILES string of the molecule is O=[N+]([O-])c1ccc(NC2CCCCCC2)c([N+](=O)[O-])c1. The molecule has 0 saturated heterocycles. The molecule has 1 aromatic rings. The van der Waals surface area contributed by atoms with Crippen LogP contribution in [0.2, 0.25) is 0 Å². The lowest BCUT2D eigenvalue weighted by Crippen LogP contribution is -2.19. The Kier molecular flexibility index (Phi) is 4.49. The van der Waals surface area contributed by atoms with Gasteiger partial charge in [0.05, 0.1) is 15.9 Å². The molecule has 7 heteroatoms. The quantitative estimate of drug-likeness (QED) is 0.515. The third-order valence-electron chi connectivity index (χ3n) is 3.60. The Hall–Kier alpha value is -2.18. The van der Waals surface area contributed by atoms with Crippen molar-refractivity contribution in [2.45, 2.75) is 44.6 Å². The molecule has 20 heavy (non-hydrogen) atoms. The second-order valence-electron chi connectivity index (χ2n) is 5.05. The minimum Gasteiger partial charge on any atom is -0.377 e. The van der Waals surface area contributed by atoms with E-state index in [1.807, 2.05) is 0 Å². The van der Waals surface area contributed by atoms with Crippen molar-refractivity contribution in [3.05, 3.63) is 38.4 Å². The number of nitro groups is 2. The van der Waals surface area contributed by atoms with E-state index >= 15 is 0 Å². The molecule has 0 radical (unpaired) electrons. The molecule has 108 valence electrons. The zero-order valence-corrected chi connectivity index (χ0v) is 11.1. The molecular formula is C13H17N3O4. The maximum absolute atomic E-state index is 11.0. The summed E-state index contributed by atoms with van der Waals surface area (Å²) < 4.78 is 0. The van der Waals surface area contributed by atoms with Crippen LogP contribution in [0.5, 0.6) is 0 Å². The predicted octanol–water partition coefficient (Wildman–Crippen LogP) is 3.64. The van der Waals surface area contributed by atoms with E-state index in [0.29, 0.717) is 5.69 Å². The molecule has 0 atom stereocenters. The molecule has 1 N–H and O–H groups in total. The van der Waals surface area contributed by atoms with Crippen LogP contribution in [0.25, 0.3) is 0 Å². The van der Waals surface area contributed by atoms with Crippen molar-refractivity contribution < 1.29 is 9.85 Å². The van der Waals surface area contributed by atoms with Gasteiger partial charge >= 0.3 is 0 Å². The van der Waals surface area contributed by atoms with Crippen LogP contribution in [0.4, 0.5) is 17.1 Å². The van der Waals surface area contributed by atoms with Gasteiger partial charge in [0.1, 0.15) is 5.69 Å². The second kappa shape index (κ2) is 6.31. The Morgan fingerprint density at radius 1 is 1.00 bits per heavy atom. The van der Waals surface area contributed by atoms with Gasteiger partial charge in [-0.2, -0.15) is 0 Å². The molecule has 0 spiro atoms. The van der Waals surface area contributed by atoms with E-state index < -0.39 is 9.85 Å². The molecule has 0 aliphatic heterocycles. The predicted molar refractivity (Wildman–Crippen MR) is 74.9 cm³/mol. The van der Waals surface area contributed by atoms with Crippen molar-refractivity contribution in [1.29, 1.82) is 0 Å². The first-order valence-electron chi connectivity index (χ1n) is 6.77. The Labute approximate surface area is 116 Å². The van der Waals surface area contributed by atoms with Crippen molar-refractivity contribution in [3.8, 4) is 0 Å². The zero-order chi connectivity index (χ0) is 14.5. The Bertz CT molecular complexity index is 510. The van der Waals surface area contributed by atoms with Crippen LogP contribution >= 0.6 is 0 Å². The highest BCUT2D eigenvalue weighted by molar-refractivity contribution is 5.65. The van der Waals surface area contributed by atoms with Crippen molar-refractivity contribution in [3.63, 3.8) is 0 Å². The van der Waals surface area contributed by atoms with Gasteiger partial charge in [0.15, 0.2) is 0 Å². The van der Waals surface area contributed by atoms with E-state index in [-0.39, 0.29) is 17.4 Å². The third kappa shape index (κ3) is 3.43. The fourth-order valence-electron chi connectivity index (χ4n) is 2.55. The monoisotopic (exact) mass is 279 g/mol. The summed E-state index contributed by atoms with van der Waals surface area (Å²) in [4.78, 5) is 20.5. The number of nitro benzene ring substituents is 2. The Morgan fingerprint density at radius 2 is 1.65 bits per heavy atom. The summed E-state index contributed by atoms with van der Waals surface area (Å²) >= 11 is 0. The van der Waals surface area contributed by atoms with E-state index in [9.17, 15) is 20.2 Å². The molecule has 1 fully saturated rings. The molecule has 0 amide bonds. The highest BCUT2D eigenvalue weighted by Crippen LogP contribution is 2.31. The fourth-order valence-corrected chi connectivity index (χ4v) is 2.55. The lowest BCUT2D eigenvalue weighted by Gasteiger charge is -2.17. The largest absolute Gasteiger partial charge is 0.377 e. The van der Waals surface area contributed by atoms with Crippen LogP contribution in [0.15, 0.2) is 18.2 Å². The summed E-state index contributed by atoms with van der Waals surface area (Å²) in [6.07, 6.45) is 6.57. The smallest absolute Gasteiger partial charge is 0.299 e. The number of nitrogens with one attached hydrogen (secondary N) is 1. The first kappa shape index (κ1) is 14.2. The zero-order valence-electron chi connectivity index (χ0n) is 11.1. The number of nitrogens with zero attached hydrogens (tertiary/aromatic N) is 2. The van der Waals surface area contributed by atoms with Crippen molar-refractivity contribution in [1.82, 2.24) is 0 Å². The molecule has 0 aromatic heterocycles. The first-order chi connectivity index (χ1) is 9.58. The highest BCUT2D eigenvalue weighted by Gasteiger charge is 2.21. The molecule has 0 heterocycles. The lowest BCUT2D eigenvalue weighted by atomic mass is 10.1. The summed E-state index contributed by atoms with van der Waals surface area (Å²) in [5.74, 6) is 0. The summed E-state index contributed by atoms with van der Waals surface area (Å²) in [7, 11) is 0. The van der Waals surface area contributed by atoms with Gasteiger partial charge in [-0.15, -0.1) is 0 Å². The highest BCUT2D eigenvalue weighted by atomic mass is 16.6. The van der Waals surface area contributed by atoms with Crippen LogP contribution in [0.1, 0.15) is 38.5 Å². The molecule has 1 aromatic carbocycles. The number of benzene rings is 1. The second-order valence-corrected chi connectivity index (χ2v) is 5.05. The van der Waals surface area contributed by atoms with Gasteiger partial charge < -0.3 is 5.32 Å². The summed E-state index contributed by atoms with van der Waals surface area (Å²) in [6, 6.07) is 3.95. The van der Waals surface area contributed by atoms with E-state index in [1.165, 1.54) is 25.0 Å². The Balaban J connectivity index is 2.21. The fraction of sp³-hybridized carbons (Fsp3) is 0.538. The molecule has 1 aliphatic carbocycles. The average molecular weight is 279 g/mol. The van der Waals surface area contributed by atoms with Gasteiger partial charge in [0, 0.05) is 12.1 Å². The van der Waals surface area contributed by atoms with Crippen LogP contribution in [0, 0.1) is 20.2 Å². The average Bonchev–Trinajstić information content (AvgIpc) is 2.67. The van der Waals surface area contributed by atoms with E-state index in [0.717, 1.165) is 31.7 Å². The first-order valence-corrected chi connectivity index (χ1v) is 6.77. The molecule has 2 rings (SSSR count). The van der Waals surface area contributed by atoms with E-state index in [4.69, 9.17) is 0 Å². The van der Waals surface area contributed by atoms with E-state index in [2.05, 4.69) is 5.32 Å². The number of hydrogen-bond donors (Lipinski definition) is 1. The van der Waals surface area contributed by atoms with Crippen molar-refractivity contribution in [2.24, 2.45) is 0 Å². The normalized spacial score (nSPS) is 16.4. The topological polar surface area (TPSA) is 98.3 Å². The number of hydrogen-bond acceptors (Lipinski definition) is 5. The molecule has 1 saturated carbocycles. The minimum atomic E-state index is -0.623.